The topological polar surface area (TPSA) is 56.7 Å². The summed E-state index contributed by atoms with van der Waals surface area (Å²) in [5.74, 6) is 0.0453. The van der Waals surface area contributed by atoms with Gasteiger partial charge >= 0.3 is 0 Å². The van der Waals surface area contributed by atoms with Crippen LogP contribution >= 0.6 is 0 Å². The third kappa shape index (κ3) is 5.90. The van der Waals surface area contributed by atoms with E-state index in [0.717, 1.165) is 38.6 Å². The fourth-order valence-electron chi connectivity index (χ4n) is 4.25. The Morgan fingerprint density at radius 3 is 2.59 bits per heavy atom. The van der Waals surface area contributed by atoms with E-state index < -0.39 is 11.6 Å². The van der Waals surface area contributed by atoms with Gasteiger partial charge in [-0.25, -0.2) is 8.78 Å². The lowest BCUT2D eigenvalue weighted by atomic mass is 9.88. The van der Waals surface area contributed by atoms with Gasteiger partial charge in [0.15, 0.2) is 5.96 Å². The van der Waals surface area contributed by atoms with Crippen LogP contribution in [0.1, 0.15) is 51.0 Å². The maximum absolute atomic E-state index is 13.8. The van der Waals surface area contributed by atoms with Crippen LogP contribution in [0.2, 0.25) is 0 Å². The summed E-state index contributed by atoms with van der Waals surface area (Å²) in [4.78, 5) is 19.2. The van der Waals surface area contributed by atoms with Gasteiger partial charge in [0.05, 0.1) is 0 Å². The van der Waals surface area contributed by atoms with E-state index in [4.69, 9.17) is 0 Å². The Balaban J connectivity index is 1.52. The molecular formula is C22H32F2N4O. The number of hydrogen-bond acceptors (Lipinski definition) is 2. The van der Waals surface area contributed by atoms with Crippen LogP contribution in [0.5, 0.6) is 0 Å². The van der Waals surface area contributed by atoms with Gasteiger partial charge in [0.2, 0.25) is 5.91 Å². The van der Waals surface area contributed by atoms with E-state index in [-0.39, 0.29) is 30.5 Å². The Bertz CT molecular complexity index is 699. The predicted octanol–water partition coefficient (Wildman–Crippen LogP) is 3.24. The molecule has 0 bridgehead atoms. The monoisotopic (exact) mass is 406 g/mol. The van der Waals surface area contributed by atoms with Crippen molar-refractivity contribution in [2.75, 3.05) is 26.2 Å². The molecule has 1 amide bonds. The predicted molar refractivity (Wildman–Crippen MR) is 111 cm³/mol. The van der Waals surface area contributed by atoms with E-state index in [2.05, 4.69) is 15.6 Å². The van der Waals surface area contributed by atoms with Crippen LogP contribution in [-0.2, 0) is 11.2 Å². The van der Waals surface area contributed by atoms with Crippen molar-refractivity contribution in [1.29, 1.82) is 0 Å². The first-order valence-corrected chi connectivity index (χ1v) is 10.8. The molecule has 0 radical (unpaired) electrons. The molecule has 7 heteroatoms. The van der Waals surface area contributed by atoms with Crippen LogP contribution in [0.3, 0.4) is 0 Å². The van der Waals surface area contributed by atoms with Crippen molar-refractivity contribution in [3.05, 3.63) is 35.4 Å². The van der Waals surface area contributed by atoms with Gasteiger partial charge in [-0.2, -0.15) is 0 Å². The Morgan fingerprint density at radius 2 is 1.90 bits per heavy atom. The molecule has 1 saturated heterocycles. The molecule has 1 aliphatic carbocycles. The lowest BCUT2D eigenvalue weighted by Gasteiger charge is -2.26. The summed E-state index contributed by atoms with van der Waals surface area (Å²) in [6.45, 7) is 4.40. The molecule has 1 aliphatic heterocycles. The first-order valence-electron chi connectivity index (χ1n) is 10.8. The van der Waals surface area contributed by atoms with Gasteiger partial charge in [0.25, 0.3) is 0 Å². The quantitative estimate of drug-likeness (QED) is 0.563. The summed E-state index contributed by atoms with van der Waals surface area (Å²) < 4.78 is 27.5. The molecule has 1 saturated carbocycles. The zero-order chi connectivity index (χ0) is 20.6. The number of guanidine groups is 1. The van der Waals surface area contributed by atoms with Gasteiger partial charge in [-0.3, -0.25) is 9.79 Å². The van der Waals surface area contributed by atoms with E-state index in [1.165, 1.54) is 24.6 Å². The van der Waals surface area contributed by atoms with Crippen molar-refractivity contribution >= 4 is 11.9 Å². The average molecular weight is 407 g/mol. The van der Waals surface area contributed by atoms with Gasteiger partial charge in [-0.15, -0.1) is 0 Å². The second kappa shape index (κ2) is 10.6. The fraction of sp³-hybridized carbons (Fsp3) is 0.636. The number of hydrogen-bond donors (Lipinski definition) is 2. The molecule has 1 atom stereocenters. The highest BCUT2D eigenvalue weighted by Crippen LogP contribution is 2.26. The van der Waals surface area contributed by atoms with Gasteiger partial charge in [0.1, 0.15) is 11.6 Å². The summed E-state index contributed by atoms with van der Waals surface area (Å²) in [5.41, 5.74) is 0.0669. The molecule has 1 heterocycles. The molecule has 160 valence electrons. The van der Waals surface area contributed by atoms with Crippen LogP contribution in [0, 0.1) is 17.6 Å². The van der Waals surface area contributed by atoms with E-state index in [1.807, 2.05) is 11.8 Å². The smallest absolute Gasteiger partial charge is 0.225 e. The molecule has 2 fully saturated rings. The molecule has 1 aromatic carbocycles. The van der Waals surface area contributed by atoms with Gasteiger partial charge < -0.3 is 15.5 Å². The highest BCUT2D eigenvalue weighted by Gasteiger charge is 2.31. The van der Waals surface area contributed by atoms with Crippen LogP contribution in [0.15, 0.2) is 23.2 Å². The van der Waals surface area contributed by atoms with E-state index in [1.54, 1.807) is 0 Å². The number of nitrogens with zero attached hydrogens (tertiary/aromatic N) is 2. The summed E-state index contributed by atoms with van der Waals surface area (Å²) in [6.07, 6.45) is 6.68. The first-order chi connectivity index (χ1) is 14.1. The van der Waals surface area contributed by atoms with Crippen molar-refractivity contribution in [2.24, 2.45) is 10.9 Å². The summed E-state index contributed by atoms with van der Waals surface area (Å²) in [7, 11) is 0. The molecule has 5 nitrogen and oxygen atoms in total. The van der Waals surface area contributed by atoms with Crippen molar-refractivity contribution in [3.8, 4) is 0 Å². The summed E-state index contributed by atoms with van der Waals surface area (Å²) in [5, 5.41) is 6.56. The third-order valence-electron chi connectivity index (χ3n) is 5.83. The number of carbonyl (C=O) groups is 1. The number of halogens is 2. The van der Waals surface area contributed by atoms with Crippen molar-refractivity contribution < 1.29 is 13.6 Å². The molecule has 1 unspecified atom stereocenters. The molecule has 2 N–H and O–H groups in total. The van der Waals surface area contributed by atoms with Crippen LogP contribution < -0.4 is 10.6 Å². The second-order valence-electron chi connectivity index (χ2n) is 7.96. The number of aliphatic imine (C=N–C) groups is 1. The first kappa shape index (κ1) is 21.5. The van der Waals surface area contributed by atoms with E-state index >= 15 is 0 Å². The lowest BCUT2D eigenvalue weighted by Crippen LogP contribution is -2.45. The largest absolute Gasteiger partial charge is 0.357 e. The molecule has 3 rings (SSSR count). The maximum Gasteiger partial charge on any atom is 0.225 e. The van der Waals surface area contributed by atoms with Crippen LogP contribution in [0.25, 0.3) is 0 Å². The van der Waals surface area contributed by atoms with Crippen molar-refractivity contribution in [2.45, 2.75) is 57.9 Å². The van der Waals surface area contributed by atoms with E-state index in [0.29, 0.717) is 25.0 Å². The minimum Gasteiger partial charge on any atom is -0.357 e. The molecule has 0 aromatic heterocycles. The van der Waals surface area contributed by atoms with E-state index in [9.17, 15) is 13.6 Å². The highest BCUT2D eigenvalue weighted by molar-refractivity contribution is 5.81. The summed E-state index contributed by atoms with van der Waals surface area (Å²) in [6, 6.07) is 4.04. The van der Waals surface area contributed by atoms with Gasteiger partial charge in [-0.05, 0) is 44.7 Å². The molecular weight excluding hydrogens is 374 g/mol. The number of nitrogens with one attached hydrogen (secondary N) is 2. The molecule has 2 aliphatic rings. The standard InChI is InChI=1S/C22H32F2N4O/c1-2-25-22(26-13-11-18-19(23)9-6-10-20(18)24)27-17-12-14-28(15-17)21(29)16-7-4-3-5-8-16/h6,9-10,16-17H,2-5,7-8,11-15H2,1H3,(H2,25,26,27). The minimum absolute atomic E-state index is 0.0669. The summed E-state index contributed by atoms with van der Waals surface area (Å²) >= 11 is 0. The highest BCUT2D eigenvalue weighted by atomic mass is 19.1. The Morgan fingerprint density at radius 1 is 1.17 bits per heavy atom. The molecule has 29 heavy (non-hydrogen) atoms. The maximum atomic E-state index is 13.8. The zero-order valence-electron chi connectivity index (χ0n) is 17.2. The fourth-order valence-corrected chi connectivity index (χ4v) is 4.25. The molecule has 0 spiro atoms. The number of benzene rings is 1. The SMILES string of the molecule is CCNC(=NCCc1c(F)cccc1F)NC1CCN(C(=O)C2CCCCC2)C1. The normalized spacial score (nSPS) is 20.7. The van der Waals surface area contributed by atoms with Crippen LogP contribution in [0.4, 0.5) is 8.78 Å². The Kier molecular flexibility index (Phi) is 7.83. The Labute approximate surface area is 172 Å². The number of rotatable bonds is 6. The van der Waals surface area contributed by atoms with Crippen LogP contribution in [-0.4, -0.2) is 49.0 Å². The average Bonchev–Trinajstić information content (AvgIpc) is 3.19. The number of carbonyl (C=O) groups excluding carboxylic acids is 1. The lowest BCUT2D eigenvalue weighted by molar-refractivity contribution is -0.135. The zero-order valence-corrected chi connectivity index (χ0v) is 17.2. The Hall–Kier alpha value is -2.18. The van der Waals surface area contributed by atoms with Gasteiger partial charge in [0, 0.05) is 43.7 Å². The molecule has 1 aromatic rings. The van der Waals surface area contributed by atoms with Crippen molar-refractivity contribution in [1.82, 2.24) is 15.5 Å². The van der Waals surface area contributed by atoms with Crippen molar-refractivity contribution in [3.63, 3.8) is 0 Å². The minimum atomic E-state index is -0.536. The third-order valence-corrected chi connectivity index (χ3v) is 5.83. The number of likely N-dealkylation sites (tertiary alicyclic amines) is 1. The van der Waals surface area contributed by atoms with Gasteiger partial charge in [-0.1, -0.05) is 25.3 Å². The second-order valence-corrected chi connectivity index (χ2v) is 7.96. The number of amides is 1.